The van der Waals surface area contributed by atoms with E-state index in [1.165, 1.54) is 17.9 Å². The number of H-pyrrole nitrogens is 1. The highest BCUT2D eigenvalue weighted by molar-refractivity contribution is 5.93. The highest BCUT2D eigenvalue weighted by Crippen LogP contribution is 2.29. The van der Waals surface area contributed by atoms with E-state index in [0.29, 0.717) is 24.6 Å². The maximum atomic E-state index is 12.9. The number of aromatic nitrogens is 6. The summed E-state index contributed by atoms with van der Waals surface area (Å²) < 4.78 is 1.37. The minimum atomic E-state index is -0.173. The quantitative estimate of drug-likeness (QED) is 0.680. The van der Waals surface area contributed by atoms with Crippen LogP contribution in [0, 0.1) is 0 Å². The molecule has 144 valence electrons. The van der Waals surface area contributed by atoms with Crippen LogP contribution in [-0.4, -0.2) is 66.3 Å². The van der Waals surface area contributed by atoms with Gasteiger partial charge in [0.1, 0.15) is 12.0 Å². The second-order valence-electron chi connectivity index (χ2n) is 6.76. The second-order valence-corrected chi connectivity index (χ2v) is 6.76. The van der Waals surface area contributed by atoms with Crippen molar-refractivity contribution in [1.82, 2.24) is 40.6 Å². The predicted molar refractivity (Wildman–Crippen MR) is 98.6 cm³/mol. The van der Waals surface area contributed by atoms with E-state index in [1.54, 1.807) is 11.0 Å². The fourth-order valence-electron chi connectivity index (χ4n) is 3.62. The number of amides is 2. The molecule has 28 heavy (non-hydrogen) atoms. The second kappa shape index (κ2) is 7.59. The summed E-state index contributed by atoms with van der Waals surface area (Å²) in [6.45, 7) is 2.51. The third kappa shape index (κ3) is 3.61. The fraction of sp³-hybridized carbons (Fsp3) is 0.333. The minimum Gasteiger partial charge on any atom is -0.351 e. The molecular weight excluding hydrogens is 360 g/mol. The maximum absolute atomic E-state index is 12.9. The van der Waals surface area contributed by atoms with Gasteiger partial charge in [-0.15, -0.1) is 5.10 Å². The molecule has 3 heterocycles. The van der Waals surface area contributed by atoms with Crippen molar-refractivity contribution in [3.8, 4) is 5.82 Å². The van der Waals surface area contributed by atoms with E-state index in [9.17, 15) is 9.59 Å². The van der Waals surface area contributed by atoms with Gasteiger partial charge in [0.15, 0.2) is 5.82 Å². The molecule has 1 aliphatic rings. The van der Waals surface area contributed by atoms with E-state index in [2.05, 4.69) is 43.2 Å². The highest BCUT2D eigenvalue weighted by Gasteiger charge is 2.33. The van der Waals surface area contributed by atoms with Gasteiger partial charge in [0, 0.05) is 32.0 Å². The van der Waals surface area contributed by atoms with E-state index in [0.717, 1.165) is 12.0 Å². The van der Waals surface area contributed by atoms with Gasteiger partial charge >= 0.3 is 0 Å². The van der Waals surface area contributed by atoms with Crippen LogP contribution in [0.2, 0.25) is 0 Å². The molecule has 1 aromatic carbocycles. The van der Waals surface area contributed by atoms with Crippen LogP contribution in [0.3, 0.4) is 0 Å². The van der Waals surface area contributed by atoms with Gasteiger partial charge in [-0.25, -0.2) is 0 Å². The van der Waals surface area contributed by atoms with Crippen LogP contribution < -0.4 is 5.32 Å². The minimum absolute atomic E-state index is 0.109. The average molecular weight is 380 g/mol. The molecule has 1 aliphatic heterocycles. The highest BCUT2D eigenvalue weighted by atomic mass is 16.2. The van der Waals surface area contributed by atoms with E-state index >= 15 is 0 Å². The molecular formula is C18H20N8O2. The molecule has 4 rings (SSSR count). The lowest BCUT2D eigenvalue weighted by Crippen LogP contribution is -2.52. The molecule has 2 atom stereocenters. The van der Waals surface area contributed by atoms with Crippen LogP contribution in [0.15, 0.2) is 42.7 Å². The molecule has 0 spiro atoms. The van der Waals surface area contributed by atoms with Gasteiger partial charge in [0.25, 0.3) is 5.91 Å². The number of likely N-dealkylation sites (tertiary alicyclic amines) is 1. The van der Waals surface area contributed by atoms with Crippen molar-refractivity contribution in [2.45, 2.75) is 25.3 Å². The summed E-state index contributed by atoms with van der Waals surface area (Å²) in [6, 6.07) is 11.5. The Morgan fingerprint density at radius 2 is 2.07 bits per heavy atom. The number of piperidine rings is 1. The first-order valence-electron chi connectivity index (χ1n) is 9.02. The monoisotopic (exact) mass is 380 g/mol. The van der Waals surface area contributed by atoms with Crippen LogP contribution in [0.4, 0.5) is 0 Å². The molecule has 2 N–H and O–H groups in total. The molecule has 0 unspecified atom stereocenters. The van der Waals surface area contributed by atoms with Crippen molar-refractivity contribution >= 4 is 11.8 Å². The van der Waals surface area contributed by atoms with Crippen LogP contribution in [0.5, 0.6) is 0 Å². The van der Waals surface area contributed by atoms with Gasteiger partial charge in [-0.2, -0.15) is 9.78 Å². The summed E-state index contributed by atoms with van der Waals surface area (Å²) in [4.78, 5) is 26.4. The van der Waals surface area contributed by atoms with Crippen molar-refractivity contribution in [2.24, 2.45) is 0 Å². The zero-order valence-corrected chi connectivity index (χ0v) is 15.3. The summed E-state index contributed by atoms with van der Waals surface area (Å²) in [6.07, 6.45) is 2.16. The third-order valence-corrected chi connectivity index (χ3v) is 4.89. The maximum Gasteiger partial charge on any atom is 0.272 e. The van der Waals surface area contributed by atoms with Crippen LogP contribution in [0.1, 0.15) is 35.3 Å². The topological polar surface area (TPSA) is 122 Å². The Hall–Kier alpha value is -3.56. The molecule has 0 bridgehead atoms. The van der Waals surface area contributed by atoms with Crippen LogP contribution >= 0.6 is 0 Å². The lowest BCUT2D eigenvalue weighted by atomic mass is 9.85. The summed E-state index contributed by atoms with van der Waals surface area (Å²) in [5.41, 5.74) is 1.51. The van der Waals surface area contributed by atoms with Gasteiger partial charge in [0.05, 0.1) is 6.04 Å². The normalized spacial score (nSPS) is 19.4. The standard InChI is InChI=1S/C18H20N8O2/c1-12(27)20-16-10-25(8-7-14(16)13-5-3-2-4-6-13)18(28)15-9-17(22-21-15)26-11-19-23-24-26/h2-6,9,11,14,16H,7-8,10H2,1H3,(H,20,27)(H,21,22)/t14-,16+/m0/s1. The van der Waals surface area contributed by atoms with Crippen LogP contribution in [0.25, 0.3) is 5.82 Å². The van der Waals surface area contributed by atoms with Crippen molar-refractivity contribution in [3.63, 3.8) is 0 Å². The number of rotatable bonds is 4. The average Bonchev–Trinajstić information content (AvgIpc) is 3.39. The lowest BCUT2D eigenvalue weighted by Gasteiger charge is -2.39. The first kappa shape index (κ1) is 17.8. The van der Waals surface area contributed by atoms with E-state index in [-0.39, 0.29) is 23.8 Å². The number of carbonyl (C=O) groups excluding carboxylic acids is 2. The van der Waals surface area contributed by atoms with Gasteiger partial charge in [-0.3, -0.25) is 14.7 Å². The van der Waals surface area contributed by atoms with E-state index in [4.69, 9.17) is 0 Å². The summed E-state index contributed by atoms with van der Waals surface area (Å²) >= 11 is 0. The van der Waals surface area contributed by atoms with Gasteiger partial charge in [-0.05, 0) is 22.4 Å². The Morgan fingerprint density at radius 1 is 1.25 bits per heavy atom. The molecule has 0 saturated carbocycles. The van der Waals surface area contributed by atoms with Gasteiger partial charge in [-0.1, -0.05) is 30.3 Å². The summed E-state index contributed by atoms with van der Waals surface area (Å²) in [5.74, 6) is 0.315. The number of tetrazole rings is 1. The summed E-state index contributed by atoms with van der Waals surface area (Å²) in [7, 11) is 0. The largest absolute Gasteiger partial charge is 0.351 e. The number of carbonyl (C=O) groups is 2. The van der Waals surface area contributed by atoms with E-state index in [1.807, 2.05) is 18.2 Å². The molecule has 0 radical (unpaired) electrons. The molecule has 10 nitrogen and oxygen atoms in total. The number of hydrogen-bond acceptors (Lipinski definition) is 6. The lowest BCUT2D eigenvalue weighted by molar-refractivity contribution is -0.120. The smallest absolute Gasteiger partial charge is 0.272 e. The summed E-state index contributed by atoms with van der Waals surface area (Å²) in [5, 5.41) is 20.7. The Bertz CT molecular complexity index is 953. The fourth-order valence-corrected chi connectivity index (χ4v) is 3.62. The molecule has 10 heteroatoms. The number of nitrogens with zero attached hydrogens (tertiary/aromatic N) is 6. The Labute approximate surface area is 160 Å². The Kier molecular flexibility index (Phi) is 4.83. The third-order valence-electron chi connectivity index (χ3n) is 4.89. The Balaban J connectivity index is 1.51. The zero-order chi connectivity index (χ0) is 19.5. The zero-order valence-electron chi connectivity index (χ0n) is 15.3. The first-order valence-corrected chi connectivity index (χ1v) is 9.02. The molecule has 2 amide bonds. The van der Waals surface area contributed by atoms with Gasteiger partial charge < -0.3 is 10.2 Å². The Morgan fingerprint density at radius 3 is 2.79 bits per heavy atom. The molecule has 2 aromatic heterocycles. The molecule has 1 fully saturated rings. The number of aromatic amines is 1. The number of hydrogen-bond donors (Lipinski definition) is 2. The molecule has 3 aromatic rings. The predicted octanol–water partition coefficient (Wildman–Crippen LogP) is 0.520. The van der Waals surface area contributed by atoms with Gasteiger partial charge in [0.2, 0.25) is 5.91 Å². The number of nitrogens with one attached hydrogen (secondary N) is 2. The van der Waals surface area contributed by atoms with Crippen molar-refractivity contribution in [1.29, 1.82) is 0 Å². The molecule has 1 saturated heterocycles. The molecule has 0 aliphatic carbocycles. The van der Waals surface area contributed by atoms with Crippen molar-refractivity contribution in [2.75, 3.05) is 13.1 Å². The SMILES string of the molecule is CC(=O)N[C@@H]1CN(C(=O)c2cc(-n3cnnn3)n[nH]2)CC[C@H]1c1ccccc1. The first-order chi connectivity index (χ1) is 13.6. The van der Waals surface area contributed by atoms with Crippen molar-refractivity contribution in [3.05, 3.63) is 54.0 Å². The van der Waals surface area contributed by atoms with Crippen molar-refractivity contribution < 1.29 is 9.59 Å². The van der Waals surface area contributed by atoms with E-state index < -0.39 is 0 Å². The number of benzene rings is 1. The van der Waals surface area contributed by atoms with Crippen LogP contribution in [-0.2, 0) is 4.79 Å².